The molecule has 0 unspecified atom stereocenters. The topological polar surface area (TPSA) is 196 Å². The van der Waals surface area contributed by atoms with Crippen molar-refractivity contribution in [3.05, 3.63) is 92.1 Å². The SMILES string of the molecule is COC1CCN(C(=O)Oc2cc3c(c4c2C[C@H](O)[C@@](C)(CC/C=C(\C)CCC=C(C)C)O4)CN(CCC[C@@H](C(=O)O)N2Cc4c(cc(O)c5c4O[C@](C)(CC/C=C(\C)CCC=C(C)C)[C@@H](O)C5)C2=O)C3=O)CC1. The van der Waals surface area contributed by atoms with Crippen LogP contribution >= 0.6 is 0 Å². The van der Waals surface area contributed by atoms with Crippen molar-refractivity contribution in [1.29, 1.82) is 0 Å². The second kappa shape index (κ2) is 23.3. The number of ether oxygens (including phenoxy) is 4. The van der Waals surface area contributed by atoms with Crippen LogP contribution in [0.1, 0.15) is 175 Å². The Morgan fingerprint density at radius 2 is 1.29 bits per heavy atom. The molecule has 0 spiro atoms. The summed E-state index contributed by atoms with van der Waals surface area (Å²) in [5.41, 5.74) is 5.42. The minimum atomic E-state index is -1.26. The average Bonchev–Trinajstić information content (AvgIpc) is 3.82. The number of likely N-dealkylation sites (tertiary alicyclic amines) is 1. The molecule has 2 aromatic carbocycles. The Labute approximate surface area is 431 Å². The fourth-order valence-corrected chi connectivity index (χ4v) is 10.9. The van der Waals surface area contributed by atoms with E-state index in [4.69, 9.17) is 18.9 Å². The monoisotopic (exact) mass is 1010 g/mol. The van der Waals surface area contributed by atoms with Crippen LogP contribution in [0.2, 0.25) is 0 Å². The first kappa shape index (κ1) is 55.1. The van der Waals surface area contributed by atoms with Gasteiger partial charge in [0.05, 0.1) is 42.5 Å². The highest BCUT2D eigenvalue weighted by Crippen LogP contribution is 2.49. The van der Waals surface area contributed by atoms with Crippen LogP contribution in [0.3, 0.4) is 0 Å². The van der Waals surface area contributed by atoms with E-state index in [0.29, 0.717) is 90.9 Å². The van der Waals surface area contributed by atoms with E-state index in [1.165, 1.54) is 33.3 Å². The van der Waals surface area contributed by atoms with E-state index < -0.39 is 47.4 Å². The number of hydrogen-bond acceptors (Lipinski definition) is 11. The van der Waals surface area contributed by atoms with Crippen molar-refractivity contribution in [3.63, 3.8) is 0 Å². The zero-order valence-electron chi connectivity index (χ0n) is 44.6. The number of aliphatic carboxylic acids is 1. The molecule has 398 valence electrons. The van der Waals surface area contributed by atoms with E-state index in [1.54, 1.807) is 23.0 Å². The van der Waals surface area contributed by atoms with Crippen LogP contribution in [0.4, 0.5) is 4.79 Å². The summed E-state index contributed by atoms with van der Waals surface area (Å²) in [6.45, 7) is 17.3. The van der Waals surface area contributed by atoms with Crippen LogP contribution in [-0.2, 0) is 35.5 Å². The van der Waals surface area contributed by atoms with E-state index in [9.17, 15) is 39.6 Å². The third kappa shape index (κ3) is 12.5. The van der Waals surface area contributed by atoms with Crippen LogP contribution < -0.4 is 14.2 Å². The number of carbonyl (C=O) groups excluding carboxylic acids is 3. The molecule has 0 bridgehead atoms. The molecule has 0 radical (unpaired) electrons. The number of carboxylic acid groups (broad SMARTS) is 1. The lowest BCUT2D eigenvalue weighted by atomic mass is 9.84. The largest absolute Gasteiger partial charge is 0.508 e. The van der Waals surface area contributed by atoms with Crippen LogP contribution in [0.15, 0.2) is 58.7 Å². The molecule has 15 nitrogen and oxygen atoms in total. The molecule has 0 aliphatic carbocycles. The molecule has 7 rings (SSSR count). The predicted molar refractivity (Wildman–Crippen MR) is 278 cm³/mol. The number of rotatable bonds is 20. The van der Waals surface area contributed by atoms with Crippen LogP contribution in [-0.4, -0.2) is 121 Å². The molecular formula is C58H79N3O12. The number of fused-ring (bicyclic) bond motifs is 6. The number of carboxylic acids is 1. The number of hydrogen-bond donors (Lipinski definition) is 4. The number of amides is 3. The molecule has 1 fully saturated rings. The van der Waals surface area contributed by atoms with Crippen molar-refractivity contribution in [1.82, 2.24) is 14.7 Å². The van der Waals surface area contributed by atoms with Crippen LogP contribution in [0.25, 0.3) is 0 Å². The van der Waals surface area contributed by atoms with Crippen molar-refractivity contribution < 1.29 is 58.6 Å². The number of aliphatic hydroxyl groups excluding tert-OH is 2. The third-order valence-corrected chi connectivity index (χ3v) is 15.7. The molecule has 73 heavy (non-hydrogen) atoms. The first-order chi connectivity index (χ1) is 34.6. The standard InChI is InChI=1S/C58H79N3O12/c1-35(2)15-10-17-37(5)19-12-24-57(7)49(63)31-42-47(62)29-40-45(51(42)72-57)34-61(54(40)66)46(55(67)68)21-14-26-60-33-44-41(53(60)65)30-48(71-56(69)59-27-22-39(70-9)23-28-59)43-32-50(64)58(8,73-52(43)44)25-13-20-38(6)18-11-16-36(3)4/h15-16,19-20,29-30,39,46,49-50,62-64H,10-14,17-18,21-28,31-34H2,1-9H3,(H,67,68)/b37-19+,38-20+/t46-,49-,50-,57+,58+/m0/s1. The highest BCUT2D eigenvalue weighted by Gasteiger charge is 2.47. The minimum absolute atomic E-state index is 0.0166. The Balaban J connectivity index is 1.06. The quantitative estimate of drug-likeness (QED) is 0.0919. The number of phenols is 1. The smallest absolute Gasteiger partial charge is 0.415 e. The van der Waals surface area contributed by atoms with Crippen molar-refractivity contribution in [2.24, 2.45) is 0 Å². The Morgan fingerprint density at radius 1 is 0.753 bits per heavy atom. The van der Waals surface area contributed by atoms with Gasteiger partial charge in [-0.15, -0.1) is 0 Å². The number of aromatic hydroxyl groups is 1. The molecule has 15 heteroatoms. The number of phenolic OH excluding ortho intramolecular Hbond substituents is 1. The van der Waals surface area contributed by atoms with Gasteiger partial charge >= 0.3 is 12.1 Å². The lowest BCUT2D eigenvalue weighted by molar-refractivity contribution is -0.142. The summed E-state index contributed by atoms with van der Waals surface area (Å²) >= 11 is 0. The third-order valence-electron chi connectivity index (χ3n) is 15.7. The Hall–Kier alpha value is -5.64. The number of methoxy groups -OCH3 is 1. The molecule has 4 N–H and O–H groups in total. The number of piperidine rings is 1. The van der Waals surface area contributed by atoms with Gasteiger partial charge in [-0.25, -0.2) is 9.59 Å². The highest BCUT2D eigenvalue weighted by atomic mass is 16.6. The number of carbonyl (C=O) groups is 4. The number of benzene rings is 2. The van der Waals surface area contributed by atoms with Gasteiger partial charge in [0, 0.05) is 61.8 Å². The van der Waals surface area contributed by atoms with E-state index in [2.05, 4.69) is 65.8 Å². The van der Waals surface area contributed by atoms with Gasteiger partial charge in [0.25, 0.3) is 11.8 Å². The predicted octanol–water partition coefficient (Wildman–Crippen LogP) is 9.90. The maximum Gasteiger partial charge on any atom is 0.415 e. The lowest BCUT2D eigenvalue weighted by Crippen LogP contribution is -2.49. The van der Waals surface area contributed by atoms with Gasteiger partial charge < -0.3 is 54.1 Å². The molecule has 5 aliphatic heterocycles. The van der Waals surface area contributed by atoms with Gasteiger partial charge in [-0.05, 0) is 145 Å². The molecular weight excluding hydrogens is 931 g/mol. The van der Waals surface area contributed by atoms with Crippen molar-refractivity contribution in [2.75, 3.05) is 26.7 Å². The minimum Gasteiger partial charge on any atom is -0.508 e. The van der Waals surface area contributed by atoms with Crippen LogP contribution in [0, 0.1) is 0 Å². The van der Waals surface area contributed by atoms with E-state index in [1.807, 2.05) is 13.8 Å². The summed E-state index contributed by atoms with van der Waals surface area (Å²) in [4.78, 5) is 59.7. The fraction of sp³-hybridized carbons (Fsp3) is 0.586. The normalized spacial score (nSPS) is 23.2. The molecule has 1 saturated heterocycles. The molecule has 5 atom stereocenters. The molecule has 5 aliphatic rings. The molecule has 2 aromatic rings. The first-order valence-electron chi connectivity index (χ1n) is 26.3. The summed E-state index contributed by atoms with van der Waals surface area (Å²) in [6.07, 6.45) is 14.2. The van der Waals surface area contributed by atoms with Crippen LogP contribution in [0.5, 0.6) is 23.0 Å². The zero-order valence-corrected chi connectivity index (χ0v) is 44.6. The Morgan fingerprint density at radius 3 is 1.84 bits per heavy atom. The van der Waals surface area contributed by atoms with Crippen molar-refractivity contribution in [2.45, 2.75) is 194 Å². The molecule has 5 heterocycles. The van der Waals surface area contributed by atoms with Gasteiger partial charge in [-0.2, -0.15) is 0 Å². The number of nitrogens with zero attached hydrogens (tertiary/aromatic N) is 3. The van der Waals surface area contributed by atoms with Crippen molar-refractivity contribution in [3.8, 4) is 23.0 Å². The zero-order chi connectivity index (χ0) is 52.9. The molecule has 3 amide bonds. The summed E-state index contributed by atoms with van der Waals surface area (Å²) in [5, 5.41) is 44.8. The fourth-order valence-electron chi connectivity index (χ4n) is 10.9. The van der Waals surface area contributed by atoms with Gasteiger partial charge in [-0.3, -0.25) is 9.59 Å². The van der Waals surface area contributed by atoms with Gasteiger partial charge in [0.15, 0.2) is 0 Å². The average molecular weight is 1010 g/mol. The van der Waals surface area contributed by atoms with E-state index in [0.717, 1.165) is 25.7 Å². The van der Waals surface area contributed by atoms with Gasteiger partial charge in [0.1, 0.15) is 40.2 Å². The second-order valence-electron chi connectivity index (χ2n) is 22.0. The maximum absolute atomic E-state index is 14.4. The summed E-state index contributed by atoms with van der Waals surface area (Å²) < 4.78 is 24.9. The Bertz CT molecular complexity index is 2550. The summed E-state index contributed by atoms with van der Waals surface area (Å²) in [5.74, 6) is -1.41. The summed E-state index contributed by atoms with van der Waals surface area (Å²) in [6, 6.07) is 1.65. The Kier molecular flexibility index (Phi) is 17.6. The first-order valence-corrected chi connectivity index (χ1v) is 26.3. The van der Waals surface area contributed by atoms with E-state index in [-0.39, 0.29) is 74.4 Å². The van der Waals surface area contributed by atoms with E-state index >= 15 is 0 Å². The number of allylic oxidation sites excluding steroid dienone is 8. The van der Waals surface area contributed by atoms with Crippen molar-refractivity contribution >= 4 is 23.9 Å². The number of aliphatic hydroxyl groups is 2. The highest BCUT2D eigenvalue weighted by molar-refractivity contribution is 6.02. The van der Waals surface area contributed by atoms with Gasteiger partial charge in [0.2, 0.25) is 0 Å². The molecule has 0 saturated carbocycles. The maximum atomic E-state index is 14.4. The second-order valence-corrected chi connectivity index (χ2v) is 22.0. The van der Waals surface area contributed by atoms with Gasteiger partial charge in [-0.1, -0.05) is 46.6 Å². The lowest BCUT2D eigenvalue weighted by Gasteiger charge is -2.41. The molecule has 0 aromatic heterocycles. The summed E-state index contributed by atoms with van der Waals surface area (Å²) in [7, 11) is 1.66.